The second-order valence-corrected chi connectivity index (χ2v) is 2.68. The molecule has 1 aliphatic rings. The monoisotopic (exact) mass is 185 g/mol. The Bertz CT molecular complexity index is 259. The first-order valence-corrected chi connectivity index (χ1v) is 3.88. The first-order valence-electron chi connectivity index (χ1n) is 3.88. The molecule has 1 aliphatic heterocycles. The molecular formula is C8H11NO4. The molecule has 0 aromatic rings. The Morgan fingerprint density at radius 2 is 2.46 bits per heavy atom. The highest BCUT2D eigenvalue weighted by Gasteiger charge is 2.21. The molecule has 0 aliphatic carbocycles. The zero-order valence-corrected chi connectivity index (χ0v) is 7.49. The van der Waals surface area contributed by atoms with Crippen LogP contribution in [0.2, 0.25) is 0 Å². The number of esters is 2. The molecule has 1 atom stereocenters. The molecule has 0 aromatic carbocycles. The summed E-state index contributed by atoms with van der Waals surface area (Å²) in [4.78, 5) is 21.9. The van der Waals surface area contributed by atoms with Crippen molar-refractivity contribution in [1.29, 1.82) is 0 Å². The van der Waals surface area contributed by atoms with E-state index >= 15 is 0 Å². The summed E-state index contributed by atoms with van der Waals surface area (Å²) in [7, 11) is 1.25. The predicted octanol–water partition coefficient (Wildman–Crippen LogP) is -0.422. The summed E-state index contributed by atoms with van der Waals surface area (Å²) in [5.74, 6) is -1.10. The number of morpholine rings is 1. The lowest BCUT2D eigenvalue weighted by atomic mass is 10.3. The Hall–Kier alpha value is -1.52. The zero-order valence-electron chi connectivity index (χ0n) is 7.49. The van der Waals surface area contributed by atoms with E-state index in [0.29, 0.717) is 6.54 Å². The van der Waals surface area contributed by atoms with Gasteiger partial charge in [-0.05, 0) is 6.92 Å². The van der Waals surface area contributed by atoms with Crippen molar-refractivity contribution in [3.63, 3.8) is 0 Å². The summed E-state index contributed by atoms with van der Waals surface area (Å²) >= 11 is 0. The lowest BCUT2D eigenvalue weighted by molar-refractivity contribution is -0.147. The predicted molar refractivity (Wildman–Crippen MR) is 43.7 cm³/mol. The van der Waals surface area contributed by atoms with Crippen LogP contribution in [0.1, 0.15) is 6.92 Å². The molecule has 1 rings (SSSR count). The minimum atomic E-state index is -0.575. The maximum absolute atomic E-state index is 11.1. The van der Waals surface area contributed by atoms with Crippen molar-refractivity contribution in [2.24, 2.45) is 0 Å². The zero-order chi connectivity index (χ0) is 9.84. The third-order valence-corrected chi connectivity index (χ3v) is 1.57. The van der Waals surface area contributed by atoms with Gasteiger partial charge in [-0.15, -0.1) is 0 Å². The second kappa shape index (κ2) is 3.93. The van der Waals surface area contributed by atoms with Crippen molar-refractivity contribution in [1.82, 2.24) is 5.32 Å². The maximum Gasteiger partial charge on any atom is 0.354 e. The molecule has 0 aromatic heterocycles. The number of hydrogen-bond acceptors (Lipinski definition) is 5. The Labute approximate surface area is 75.7 Å². The number of rotatable bonds is 1. The van der Waals surface area contributed by atoms with Crippen LogP contribution in [0, 0.1) is 0 Å². The van der Waals surface area contributed by atoms with Gasteiger partial charge in [-0.1, -0.05) is 0 Å². The number of carbonyl (C=O) groups excluding carboxylic acids is 2. The van der Waals surface area contributed by atoms with E-state index in [1.165, 1.54) is 7.11 Å². The van der Waals surface area contributed by atoms with Crippen molar-refractivity contribution < 1.29 is 19.1 Å². The van der Waals surface area contributed by atoms with Crippen molar-refractivity contribution in [2.45, 2.75) is 13.0 Å². The molecule has 0 saturated carbocycles. The van der Waals surface area contributed by atoms with E-state index in [0.717, 1.165) is 6.08 Å². The summed E-state index contributed by atoms with van der Waals surface area (Å²) < 4.78 is 9.23. The molecule has 1 saturated heterocycles. The van der Waals surface area contributed by atoms with Gasteiger partial charge in [0.2, 0.25) is 0 Å². The Balaban J connectivity index is 2.66. The van der Waals surface area contributed by atoms with Gasteiger partial charge in [0.15, 0.2) is 0 Å². The largest absolute Gasteiger partial charge is 0.466 e. The summed E-state index contributed by atoms with van der Waals surface area (Å²) in [6, 6.07) is 0. The van der Waals surface area contributed by atoms with Crippen molar-refractivity contribution in [3.8, 4) is 0 Å². The van der Waals surface area contributed by atoms with Crippen LogP contribution in [-0.4, -0.2) is 31.7 Å². The number of ether oxygens (including phenoxy) is 2. The van der Waals surface area contributed by atoms with Gasteiger partial charge in [0.25, 0.3) is 0 Å². The highest BCUT2D eigenvalue weighted by molar-refractivity contribution is 5.96. The molecule has 13 heavy (non-hydrogen) atoms. The van der Waals surface area contributed by atoms with Crippen molar-refractivity contribution >= 4 is 11.9 Å². The average Bonchev–Trinajstić information content (AvgIpc) is 2.09. The van der Waals surface area contributed by atoms with E-state index in [4.69, 9.17) is 4.74 Å². The molecule has 0 amide bonds. The fourth-order valence-electron chi connectivity index (χ4n) is 0.900. The molecule has 1 heterocycles. The Morgan fingerprint density at radius 1 is 1.77 bits per heavy atom. The molecule has 1 fully saturated rings. The number of nitrogens with one attached hydrogen (secondary N) is 1. The summed E-state index contributed by atoms with van der Waals surface area (Å²) in [6.45, 7) is 2.27. The Morgan fingerprint density at radius 3 is 3.00 bits per heavy atom. The molecule has 5 nitrogen and oxygen atoms in total. The number of hydrogen-bond donors (Lipinski definition) is 1. The van der Waals surface area contributed by atoms with Crippen molar-refractivity contribution in [3.05, 3.63) is 11.8 Å². The Kier molecular flexibility index (Phi) is 2.89. The third kappa shape index (κ3) is 2.47. The molecular weight excluding hydrogens is 174 g/mol. The van der Waals surface area contributed by atoms with Crippen LogP contribution in [0.3, 0.4) is 0 Å². The van der Waals surface area contributed by atoms with E-state index in [9.17, 15) is 9.59 Å². The first kappa shape index (κ1) is 9.57. The topological polar surface area (TPSA) is 64.6 Å². The number of cyclic esters (lactones) is 1. The van der Waals surface area contributed by atoms with Crippen LogP contribution >= 0.6 is 0 Å². The van der Waals surface area contributed by atoms with Crippen LogP contribution in [0.25, 0.3) is 0 Å². The smallest absolute Gasteiger partial charge is 0.354 e. The molecule has 72 valence electrons. The van der Waals surface area contributed by atoms with Crippen LogP contribution in [0.15, 0.2) is 11.8 Å². The first-order chi connectivity index (χ1) is 6.13. The normalized spacial score (nSPS) is 24.9. The second-order valence-electron chi connectivity index (χ2n) is 2.68. The van der Waals surface area contributed by atoms with Gasteiger partial charge in [-0.3, -0.25) is 0 Å². The van der Waals surface area contributed by atoms with Crippen molar-refractivity contribution in [2.75, 3.05) is 13.7 Å². The van der Waals surface area contributed by atoms with E-state index in [1.54, 1.807) is 6.92 Å². The van der Waals surface area contributed by atoms with E-state index in [-0.39, 0.29) is 11.8 Å². The molecule has 0 bridgehead atoms. The standard InChI is InChI=1S/C8H11NO4/c1-5-4-9-6(8(11)13-5)3-7(10)12-2/h3,5,9H,4H2,1-2H3/b6-3-. The fourth-order valence-corrected chi connectivity index (χ4v) is 0.900. The minimum Gasteiger partial charge on any atom is -0.466 e. The molecule has 1 unspecified atom stereocenters. The quantitative estimate of drug-likeness (QED) is 0.444. The number of methoxy groups -OCH3 is 1. The average molecular weight is 185 g/mol. The molecule has 5 heteroatoms. The summed E-state index contributed by atoms with van der Waals surface area (Å²) in [5.41, 5.74) is 0.143. The van der Waals surface area contributed by atoms with Crippen LogP contribution in [0.5, 0.6) is 0 Å². The SMILES string of the molecule is COC(=O)/C=C1\NCC(C)OC1=O. The van der Waals surface area contributed by atoms with E-state index in [2.05, 4.69) is 10.1 Å². The van der Waals surface area contributed by atoms with E-state index < -0.39 is 11.9 Å². The van der Waals surface area contributed by atoms with E-state index in [1.807, 2.05) is 0 Å². The highest BCUT2D eigenvalue weighted by Crippen LogP contribution is 2.05. The van der Waals surface area contributed by atoms with Crippen LogP contribution in [-0.2, 0) is 19.1 Å². The van der Waals surface area contributed by atoms with Gasteiger partial charge in [-0.25, -0.2) is 9.59 Å². The third-order valence-electron chi connectivity index (χ3n) is 1.57. The minimum absolute atomic E-state index is 0.143. The van der Waals surface area contributed by atoms with Gasteiger partial charge in [0.05, 0.1) is 19.7 Å². The summed E-state index contributed by atoms with van der Waals surface area (Å²) in [5, 5.41) is 2.77. The van der Waals surface area contributed by atoms with Gasteiger partial charge >= 0.3 is 11.9 Å². The maximum atomic E-state index is 11.1. The van der Waals surface area contributed by atoms with Gasteiger partial charge in [-0.2, -0.15) is 0 Å². The number of carbonyl (C=O) groups is 2. The van der Waals surface area contributed by atoms with Crippen LogP contribution < -0.4 is 5.32 Å². The van der Waals surface area contributed by atoms with Gasteiger partial charge in [0, 0.05) is 0 Å². The lowest BCUT2D eigenvalue weighted by Crippen LogP contribution is -2.39. The lowest BCUT2D eigenvalue weighted by Gasteiger charge is -2.22. The molecule has 1 N–H and O–H groups in total. The van der Waals surface area contributed by atoms with Crippen LogP contribution in [0.4, 0.5) is 0 Å². The highest BCUT2D eigenvalue weighted by atomic mass is 16.5. The molecule has 0 radical (unpaired) electrons. The summed E-state index contributed by atoms with van der Waals surface area (Å²) in [6.07, 6.45) is 0.913. The van der Waals surface area contributed by atoms with Gasteiger partial charge in [0.1, 0.15) is 11.8 Å². The fraction of sp³-hybridized carbons (Fsp3) is 0.500. The van der Waals surface area contributed by atoms with Gasteiger partial charge < -0.3 is 14.8 Å². The molecule has 0 spiro atoms.